The standard InChI is InChI=1S/C19H25ClN2O3S.ClH/c20-13-3-7-17(8-4-13)26(24,25)19(9-1-2-10-19)18(23)22-16-11-14-5-6-15(12-16)21-14;/h3-4,7-8,14-16,21H,1-2,5-6,9-12H2,(H,22,23);1H. The number of piperidine rings is 1. The molecule has 8 heteroatoms. The molecule has 4 rings (SSSR count). The monoisotopic (exact) mass is 432 g/mol. The number of halogens is 2. The molecule has 2 saturated heterocycles. The van der Waals surface area contributed by atoms with Crippen LogP contribution >= 0.6 is 24.0 Å². The van der Waals surface area contributed by atoms with Crippen LogP contribution in [0.1, 0.15) is 51.4 Å². The van der Waals surface area contributed by atoms with Gasteiger partial charge in [-0.3, -0.25) is 4.79 Å². The van der Waals surface area contributed by atoms with Crippen LogP contribution in [0.4, 0.5) is 0 Å². The van der Waals surface area contributed by atoms with Crippen molar-refractivity contribution in [3.05, 3.63) is 29.3 Å². The molecule has 150 valence electrons. The van der Waals surface area contributed by atoms with Crippen LogP contribution in [0.5, 0.6) is 0 Å². The Balaban J connectivity index is 0.00000210. The fourth-order valence-electron chi connectivity index (χ4n) is 4.90. The molecular formula is C19H26Cl2N2O3S. The van der Waals surface area contributed by atoms with Gasteiger partial charge in [0.1, 0.15) is 0 Å². The average molecular weight is 433 g/mol. The van der Waals surface area contributed by atoms with E-state index in [1.807, 2.05) is 0 Å². The Morgan fingerprint density at radius 1 is 1.07 bits per heavy atom. The van der Waals surface area contributed by atoms with E-state index in [1.165, 1.54) is 12.1 Å². The number of carbonyl (C=O) groups is 1. The fourth-order valence-corrected chi connectivity index (χ4v) is 7.10. The molecule has 3 fully saturated rings. The zero-order chi connectivity index (χ0) is 18.4. The predicted molar refractivity (Wildman–Crippen MR) is 108 cm³/mol. The lowest BCUT2D eigenvalue weighted by Gasteiger charge is -2.34. The Hall–Kier alpha value is -0.820. The van der Waals surface area contributed by atoms with Crippen molar-refractivity contribution in [2.75, 3.05) is 0 Å². The van der Waals surface area contributed by atoms with E-state index in [0.717, 1.165) is 38.5 Å². The lowest BCUT2D eigenvalue weighted by molar-refractivity contribution is -0.124. The molecule has 2 bridgehead atoms. The molecule has 2 aliphatic heterocycles. The number of benzene rings is 1. The van der Waals surface area contributed by atoms with Gasteiger partial charge in [0, 0.05) is 23.1 Å². The van der Waals surface area contributed by atoms with Crippen LogP contribution in [0.3, 0.4) is 0 Å². The van der Waals surface area contributed by atoms with Gasteiger partial charge in [0.15, 0.2) is 14.6 Å². The van der Waals surface area contributed by atoms with E-state index >= 15 is 0 Å². The first kappa shape index (κ1) is 20.9. The van der Waals surface area contributed by atoms with Gasteiger partial charge < -0.3 is 10.6 Å². The van der Waals surface area contributed by atoms with Crippen molar-refractivity contribution < 1.29 is 13.2 Å². The molecule has 5 nitrogen and oxygen atoms in total. The van der Waals surface area contributed by atoms with Crippen LogP contribution in [0.2, 0.25) is 5.02 Å². The molecule has 0 spiro atoms. The Morgan fingerprint density at radius 2 is 1.63 bits per heavy atom. The summed E-state index contributed by atoms with van der Waals surface area (Å²) in [5.41, 5.74) is 0. The Morgan fingerprint density at radius 3 is 2.19 bits per heavy atom. The van der Waals surface area contributed by atoms with E-state index in [4.69, 9.17) is 11.6 Å². The van der Waals surface area contributed by atoms with Crippen molar-refractivity contribution in [3.63, 3.8) is 0 Å². The van der Waals surface area contributed by atoms with Gasteiger partial charge in [-0.15, -0.1) is 12.4 Å². The SMILES string of the molecule is Cl.O=C(NC1CC2CCC(C1)N2)C1(S(=O)(=O)c2ccc(Cl)cc2)CCCC1. The van der Waals surface area contributed by atoms with Crippen LogP contribution in [0, 0.1) is 0 Å². The minimum atomic E-state index is -3.76. The first-order chi connectivity index (χ1) is 12.4. The number of nitrogens with one attached hydrogen (secondary N) is 2. The highest BCUT2D eigenvalue weighted by atomic mass is 35.5. The van der Waals surface area contributed by atoms with E-state index in [9.17, 15) is 13.2 Å². The molecule has 3 aliphatic rings. The van der Waals surface area contributed by atoms with Gasteiger partial charge in [-0.05, 0) is 62.8 Å². The van der Waals surface area contributed by atoms with E-state index in [0.29, 0.717) is 29.9 Å². The molecular weight excluding hydrogens is 407 g/mol. The number of fused-ring (bicyclic) bond motifs is 2. The van der Waals surface area contributed by atoms with Gasteiger partial charge in [-0.2, -0.15) is 0 Å². The Bertz CT molecular complexity index is 780. The fraction of sp³-hybridized carbons (Fsp3) is 0.632. The third-order valence-electron chi connectivity index (χ3n) is 6.27. The van der Waals surface area contributed by atoms with Gasteiger partial charge in [0.05, 0.1) is 4.90 Å². The Kier molecular flexibility index (Phi) is 6.11. The number of sulfone groups is 1. The van der Waals surface area contributed by atoms with E-state index in [2.05, 4.69) is 10.6 Å². The highest BCUT2D eigenvalue weighted by Crippen LogP contribution is 2.41. The quantitative estimate of drug-likeness (QED) is 0.765. The molecule has 1 amide bonds. The van der Waals surface area contributed by atoms with Gasteiger partial charge >= 0.3 is 0 Å². The number of rotatable bonds is 4. The Labute approximate surface area is 172 Å². The molecule has 2 heterocycles. The largest absolute Gasteiger partial charge is 0.352 e. The molecule has 1 aromatic rings. The van der Waals surface area contributed by atoms with Crippen LogP contribution in [-0.4, -0.2) is 37.2 Å². The summed E-state index contributed by atoms with van der Waals surface area (Å²) in [5, 5.41) is 7.14. The van der Waals surface area contributed by atoms with Gasteiger partial charge in [0.2, 0.25) is 5.91 Å². The van der Waals surface area contributed by atoms with Crippen molar-refractivity contribution in [1.82, 2.24) is 10.6 Å². The summed E-state index contributed by atoms with van der Waals surface area (Å²) >= 11 is 5.90. The van der Waals surface area contributed by atoms with Crippen molar-refractivity contribution in [3.8, 4) is 0 Å². The summed E-state index contributed by atoms with van der Waals surface area (Å²) in [6.45, 7) is 0. The maximum absolute atomic E-state index is 13.4. The van der Waals surface area contributed by atoms with E-state index in [-0.39, 0.29) is 29.3 Å². The van der Waals surface area contributed by atoms with Crippen molar-refractivity contribution in [2.45, 2.75) is 79.1 Å². The zero-order valence-corrected chi connectivity index (χ0v) is 17.5. The summed E-state index contributed by atoms with van der Waals surface area (Å²) < 4.78 is 25.4. The van der Waals surface area contributed by atoms with Gasteiger partial charge in [-0.1, -0.05) is 24.4 Å². The molecule has 2 atom stereocenters. The third-order valence-corrected chi connectivity index (χ3v) is 9.04. The average Bonchev–Trinajstić information content (AvgIpc) is 3.23. The maximum atomic E-state index is 13.4. The summed E-state index contributed by atoms with van der Waals surface area (Å²) in [6, 6.07) is 7.13. The maximum Gasteiger partial charge on any atom is 0.242 e. The van der Waals surface area contributed by atoms with Crippen molar-refractivity contribution >= 4 is 39.8 Å². The van der Waals surface area contributed by atoms with Crippen LogP contribution in [0.25, 0.3) is 0 Å². The van der Waals surface area contributed by atoms with Crippen LogP contribution in [0.15, 0.2) is 29.2 Å². The highest BCUT2D eigenvalue weighted by Gasteiger charge is 2.53. The first-order valence-corrected chi connectivity index (χ1v) is 11.3. The molecule has 1 saturated carbocycles. The van der Waals surface area contributed by atoms with Gasteiger partial charge in [-0.25, -0.2) is 8.42 Å². The van der Waals surface area contributed by atoms with Crippen LogP contribution < -0.4 is 10.6 Å². The second kappa shape index (κ2) is 7.90. The van der Waals surface area contributed by atoms with E-state index in [1.54, 1.807) is 12.1 Å². The minimum Gasteiger partial charge on any atom is -0.352 e. The highest BCUT2D eigenvalue weighted by molar-refractivity contribution is 7.93. The zero-order valence-electron chi connectivity index (χ0n) is 15.1. The lowest BCUT2D eigenvalue weighted by Crippen LogP contribution is -2.56. The summed E-state index contributed by atoms with van der Waals surface area (Å²) in [7, 11) is -3.76. The van der Waals surface area contributed by atoms with E-state index < -0.39 is 14.6 Å². The molecule has 1 aliphatic carbocycles. The first-order valence-electron chi connectivity index (χ1n) is 9.48. The second-order valence-corrected chi connectivity index (χ2v) is 10.6. The molecule has 0 radical (unpaired) electrons. The molecule has 2 unspecified atom stereocenters. The normalized spacial score (nSPS) is 29.1. The molecule has 27 heavy (non-hydrogen) atoms. The predicted octanol–water partition coefficient (Wildman–Crippen LogP) is 3.25. The molecule has 2 N–H and O–H groups in total. The topological polar surface area (TPSA) is 75.3 Å². The van der Waals surface area contributed by atoms with Crippen molar-refractivity contribution in [2.24, 2.45) is 0 Å². The van der Waals surface area contributed by atoms with Crippen LogP contribution in [-0.2, 0) is 14.6 Å². The summed E-state index contributed by atoms with van der Waals surface area (Å²) in [5.74, 6) is -0.309. The number of hydrogen-bond donors (Lipinski definition) is 2. The van der Waals surface area contributed by atoms with Gasteiger partial charge in [0.25, 0.3) is 0 Å². The number of amides is 1. The number of hydrogen-bond acceptors (Lipinski definition) is 4. The third kappa shape index (κ3) is 3.74. The smallest absolute Gasteiger partial charge is 0.242 e. The second-order valence-electron chi connectivity index (χ2n) is 7.94. The lowest BCUT2D eigenvalue weighted by atomic mass is 9.98. The number of carbonyl (C=O) groups excluding carboxylic acids is 1. The minimum absolute atomic E-state index is 0. The molecule has 1 aromatic carbocycles. The summed E-state index contributed by atoms with van der Waals surface area (Å²) in [4.78, 5) is 13.4. The van der Waals surface area contributed by atoms with Crippen molar-refractivity contribution in [1.29, 1.82) is 0 Å². The molecule has 0 aromatic heterocycles. The summed E-state index contributed by atoms with van der Waals surface area (Å²) in [6.07, 6.45) is 6.37.